The zero-order valence-electron chi connectivity index (χ0n) is 9.90. The van der Waals surface area contributed by atoms with Gasteiger partial charge in [0, 0.05) is 5.56 Å². The van der Waals surface area contributed by atoms with Gasteiger partial charge in [0.1, 0.15) is 23.6 Å². The maximum atomic E-state index is 10.1. The monoisotopic (exact) mass is 222 g/mol. The molecule has 0 aromatic heterocycles. The van der Waals surface area contributed by atoms with Crippen LogP contribution in [-0.2, 0) is 6.42 Å². The fraction of sp³-hybridized carbons (Fsp3) is 0.538. The second-order valence-electron chi connectivity index (χ2n) is 4.82. The van der Waals surface area contributed by atoms with Crippen LogP contribution in [-0.4, -0.2) is 21.9 Å². The smallest absolute Gasteiger partial charge is 0.132 e. The van der Waals surface area contributed by atoms with Crippen LogP contribution in [0.3, 0.4) is 0 Å². The van der Waals surface area contributed by atoms with Crippen LogP contribution in [0.4, 0.5) is 0 Å². The van der Waals surface area contributed by atoms with E-state index in [4.69, 9.17) is 4.74 Å². The normalized spacial score (nSPS) is 27.1. The third-order valence-corrected chi connectivity index (χ3v) is 3.19. The van der Waals surface area contributed by atoms with Gasteiger partial charge in [0.25, 0.3) is 0 Å². The van der Waals surface area contributed by atoms with Crippen molar-refractivity contribution in [2.24, 2.45) is 0 Å². The largest absolute Gasteiger partial charge is 0.485 e. The molecule has 1 aromatic carbocycles. The number of aliphatic hydroxyl groups is 2. The van der Waals surface area contributed by atoms with Crippen LogP contribution in [0.1, 0.15) is 38.0 Å². The molecule has 3 nitrogen and oxygen atoms in total. The zero-order chi connectivity index (χ0) is 11.9. The Morgan fingerprint density at radius 2 is 2.00 bits per heavy atom. The first-order valence-electron chi connectivity index (χ1n) is 5.63. The van der Waals surface area contributed by atoms with E-state index < -0.39 is 17.8 Å². The standard InChI is InChI=1S/C13H18O3/c1-4-8-5-6-10-9(7-8)11(14)12(15)13(2,3)16-10/h5-7,11-12,14-15H,4H2,1-3H3/t11-,12-/m1/s1. The van der Waals surface area contributed by atoms with E-state index in [9.17, 15) is 10.2 Å². The lowest BCUT2D eigenvalue weighted by Gasteiger charge is -2.40. The average molecular weight is 222 g/mol. The van der Waals surface area contributed by atoms with Gasteiger partial charge in [-0.15, -0.1) is 0 Å². The Kier molecular flexibility index (Phi) is 2.68. The van der Waals surface area contributed by atoms with Gasteiger partial charge in [0.05, 0.1) is 0 Å². The van der Waals surface area contributed by atoms with Crippen molar-refractivity contribution in [3.8, 4) is 5.75 Å². The molecule has 2 N–H and O–H groups in total. The van der Waals surface area contributed by atoms with Gasteiger partial charge < -0.3 is 14.9 Å². The quantitative estimate of drug-likeness (QED) is 0.762. The van der Waals surface area contributed by atoms with Crippen LogP contribution in [0.25, 0.3) is 0 Å². The molecule has 0 aliphatic carbocycles. The van der Waals surface area contributed by atoms with Crippen LogP contribution in [0, 0.1) is 0 Å². The highest BCUT2D eigenvalue weighted by Crippen LogP contribution is 2.39. The van der Waals surface area contributed by atoms with E-state index in [1.807, 2.05) is 18.2 Å². The summed E-state index contributed by atoms with van der Waals surface area (Å²) in [5.41, 5.74) is 1.07. The Balaban J connectivity index is 2.47. The first-order chi connectivity index (χ1) is 7.45. The average Bonchev–Trinajstić information content (AvgIpc) is 2.25. The van der Waals surface area contributed by atoms with Crippen LogP contribution < -0.4 is 4.74 Å². The highest BCUT2D eigenvalue weighted by molar-refractivity contribution is 5.42. The van der Waals surface area contributed by atoms with Crippen molar-refractivity contribution in [2.45, 2.75) is 45.0 Å². The van der Waals surface area contributed by atoms with Gasteiger partial charge in [-0.2, -0.15) is 0 Å². The Bertz CT molecular complexity index is 398. The Labute approximate surface area is 95.7 Å². The minimum Gasteiger partial charge on any atom is -0.485 e. The van der Waals surface area contributed by atoms with Gasteiger partial charge in [-0.1, -0.05) is 13.0 Å². The van der Waals surface area contributed by atoms with Crippen LogP contribution in [0.2, 0.25) is 0 Å². The molecule has 1 aromatic rings. The second kappa shape index (κ2) is 3.75. The lowest BCUT2D eigenvalue weighted by atomic mass is 9.88. The van der Waals surface area contributed by atoms with Crippen molar-refractivity contribution in [1.29, 1.82) is 0 Å². The highest BCUT2D eigenvalue weighted by Gasteiger charge is 2.41. The van der Waals surface area contributed by atoms with Crippen LogP contribution >= 0.6 is 0 Å². The summed E-state index contributed by atoms with van der Waals surface area (Å²) >= 11 is 0. The number of ether oxygens (including phenoxy) is 1. The summed E-state index contributed by atoms with van der Waals surface area (Å²) in [5.74, 6) is 0.667. The number of benzene rings is 1. The SMILES string of the molecule is CCc1ccc2c(c1)[C@@H](O)[C@@H](O)C(C)(C)O2. The fourth-order valence-electron chi connectivity index (χ4n) is 2.04. The number of aryl methyl sites for hydroxylation is 1. The van der Waals surface area contributed by atoms with Gasteiger partial charge >= 0.3 is 0 Å². The summed E-state index contributed by atoms with van der Waals surface area (Å²) in [6.45, 7) is 5.60. The summed E-state index contributed by atoms with van der Waals surface area (Å²) in [7, 11) is 0. The third kappa shape index (κ3) is 1.70. The highest BCUT2D eigenvalue weighted by atomic mass is 16.5. The molecule has 3 heteroatoms. The summed E-state index contributed by atoms with van der Waals surface area (Å²) in [6, 6.07) is 5.75. The Morgan fingerprint density at radius 1 is 1.31 bits per heavy atom. The molecule has 88 valence electrons. The van der Waals surface area contributed by atoms with Gasteiger partial charge in [0.15, 0.2) is 0 Å². The van der Waals surface area contributed by atoms with Gasteiger partial charge in [0.2, 0.25) is 0 Å². The predicted molar refractivity (Wildman–Crippen MR) is 61.5 cm³/mol. The topological polar surface area (TPSA) is 49.7 Å². The fourth-order valence-corrected chi connectivity index (χ4v) is 2.04. The van der Waals surface area contributed by atoms with E-state index in [1.165, 1.54) is 0 Å². The second-order valence-corrected chi connectivity index (χ2v) is 4.82. The number of fused-ring (bicyclic) bond motifs is 1. The van der Waals surface area contributed by atoms with E-state index in [0.29, 0.717) is 11.3 Å². The molecule has 0 radical (unpaired) electrons. The molecule has 1 aliphatic heterocycles. The maximum Gasteiger partial charge on any atom is 0.132 e. The zero-order valence-corrected chi connectivity index (χ0v) is 9.90. The van der Waals surface area contributed by atoms with E-state index in [0.717, 1.165) is 12.0 Å². The van der Waals surface area contributed by atoms with Crippen molar-refractivity contribution in [2.75, 3.05) is 0 Å². The van der Waals surface area contributed by atoms with E-state index in [-0.39, 0.29) is 0 Å². The molecule has 1 heterocycles. The minimum atomic E-state index is -0.896. The number of hydrogen-bond donors (Lipinski definition) is 2. The molecule has 16 heavy (non-hydrogen) atoms. The van der Waals surface area contributed by atoms with E-state index >= 15 is 0 Å². The molecule has 0 bridgehead atoms. The van der Waals surface area contributed by atoms with Gasteiger partial charge in [-0.3, -0.25) is 0 Å². The van der Waals surface area contributed by atoms with Crippen molar-refractivity contribution in [3.05, 3.63) is 29.3 Å². The van der Waals surface area contributed by atoms with Crippen LogP contribution in [0.5, 0.6) is 5.75 Å². The van der Waals surface area contributed by atoms with Crippen molar-refractivity contribution in [1.82, 2.24) is 0 Å². The molecule has 0 saturated heterocycles. The number of rotatable bonds is 1. The lowest BCUT2D eigenvalue weighted by Crippen LogP contribution is -2.48. The lowest BCUT2D eigenvalue weighted by molar-refractivity contribution is -0.111. The Morgan fingerprint density at radius 3 is 2.62 bits per heavy atom. The number of aliphatic hydroxyl groups excluding tert-OH is 2. The van der Waals surface area contributed by atoms with Crippen molar-refractivity contribution >= 4 is 0 Å². The molecule has 0 saturated carbocycles. The molecule has 0 spiro atoms. The minimum absolute atomic E-state index is 0.667. The molecule has 1 aliphatic rings. The Hall–Kier alpha value is -1.06. The molecular weight excluding hydrogens is 204 g/mol. The summed E-state index contributed by atoms with van der Waals surface area (Å²) in [6.07, 6.45) is -0.864. The molecule has 0 fully saturated rings. The van der Waals surface area contributed by atoms with Crippen LogP contribution in [0.15, 0.2) is 18.2 Å². The van der Waals surface area contributed by atoms with Gasteiger partial charge in [-0.25, -0.2) is 0 Å². The molecule has 2 rings (SSSR count). The summed E-state index contributed by atoms with van der Waals surface area (Å²) in [4.78, 5) is 0. The van der Waals surface area contributed by atoms with E-state index in [1.54, 1.807) is 13.8 Å². The molecule has 2 atom stereocenters. The first kappa shape index (κ1) is 11.4. The first-order valence-corrected chi connectivity index (χ1v) is 5.63. The molecule has 0 amide bonds. The van der Waals surface area contributed by atoms with Gasteiger partial charge in [-0.05, 0) is 38.0 Å². The third-order valence-electron chi connectivity index (χ3n) is 3.19. The number of hydrogen-bond acceptors (Lipinski definition) is 3. The maximum absolute atomic E-state index is 10.1. The summed E-state index contributed by atoms with van der Waals surface area (Å²) in [5, 5.41) is 20.0. The molecule has 0 unspecified atom stereocenters. The van der Waals surface area contributed by atoms with Crippen molar-refractivity contribution in [3.63, 3.8) is 0 Å². The molecular formula is C13H18O3. The predicted octanol–water partition coefficient (Wildman–Crippen LogP) is 1.81. The van der Waals surface area contributed by atoms with Crippen molar-refractivity contribution < 1.29 is 14.9 Å². The summed E-state index contributed by atoms with van der Waals surface area (Å²) < 4.78 is 5.69. The van der Waals surface area contributed by atoms with E-state index in [2.05, 4.69) is 6.92 Å².